The number of carbonyl (C=O) groups is 2. The molecule has 0 aliphatic heterocycles. The summed E-state index contributed by atoms with van der Waals surface area (Å²) < 4.78 is 0. The molecular weight excluding hydrogens is 242 g/mol. The third-order valence-corrected chi connectivity index (χ3v) is 2.99. The lowest BCUT2D eigenvalue weighted by molar-refractivity contribution is -0.142. The van der Waals surface area contributed by atoms with Crippen LogP contribution in [0, 0.1) is 0 Å². The van der Waals surface area contributed by atoms with Gasteiger partial charge >= 0.3 is 5.97 Å². The number of likely N-dealkylation sites (N-methyl/N-ethyl adjacent to an activating group) is 1. The maximum Gasteiger partial charge on any atom is 0.323 e. The number of rotatable bonds is 5. The number of hydrogen-bond donors (Lipinski definition) is 2. The van der Waals surface area contributed by atoms with E-state index in [9.17, 15) is 9.59 Å². The number of amides is 1. The van der Waals surface area contributed by atoms with E-state index in [1.54, 1.807) is 12.1 Å². The Hall–Kier alpha value is -1.69. The molecule has 1 aromatic rings. The van der Waals surface area contributed by atoms with Gasteiger partial charge in [-0.3, -0.25) is 9.59 Å². The SMILES string of the molecule is CN(CC(=O)O)C(=O)CSc1ccc(O)cc1. The van der Waals surface area contributed by atoms with Crippen molar-refractivity contribution in [2.45, 2.75) is 4.90 Å². The van der Waals surface area contributed by atoms with Crippen molar-refractivity contribution in [3.8, 4) is 5.75 Å². The Morgan fingerprint density at radius 2 is 1.88 bits per heavy atom. The van der Waals surface area contributed by atoms with Gasteiger partial charge in [0, 0.05) is 11.9 Å². The van der Waals surface area contributed by atoms with Gasteiger partial charge in [-0.1, -0.05) is 0 Å². The van der Waals surface area contributed by atoms with Crippen molar-refractivity contribution in [1.29, 1.82) is 0 Å². The summed E-state index contributed by atoms with van der Waals surface area (Å²) in [5.41, 5.74) is 0. The van der Waals surface area contributed by atoms with Gasteiger partial charge < -0.3 is 15.1 Å². The van der Waals surface area contributed by atoms with E-state index in [-0.39, 0.29) is 24.0 Å². The Morgan fingerprint density at radius 3 is 2.41 bits per heavy atom. The van der Waals surface area contributed by atoms with E-state index >= 15 is 0 Å². The molecule has 1 amide bonds. The molecule has 5 nitrogen and oxygen atoms in total. The topological polar surface area (TPSA) is 77.8 Å². The predicted octanol–water partition coefficient (Wildman–Crippen LogP) is 1.03. The fourth-order valence-corrected chi connectivity index (χ4v) is 1.93. The second-order valence-electron chi connectivity index (χ2n) is 3.43. The molecule has 0 saturated heterocycles. The van der Waals surface area contributed by atoms with Gasteiger partial charge in [-0.05, 0) is 24.3 Å². The van der Waals surface area contributed by atoms with Crippen LogP contribution < -0.4 is 0 Å². The molecule has 2 N–H and O–H groups in total. The number of hydrogen-bond acceptors (Lipinski definition) is 4. The average molecular weight is 255 g/mol. The van der Waals surface area contributed by atoms with Crippen LogP contribution in [0.4, 0.5) is 0 Å². The molecule has 6 heteroatoms. The molecule has 0 atom stereocenters. The fourth-order valence-electron chi connectivity index (χ4n) is 1.09. The summed E-state index contributed by atoms with van der Waals surface area (Å²) in [6.07, 6.45) is 0. The summed E-state index contributed by atoms with van der Waals surface area (Å²) in [4.78, 5) is 23.9. The normalized spacial score (nSPS) is 9.94. The quantitative estimate of drug-likeness (QED) is 0.768. The van der Waals surface area contributed by atoms with Crippen molar-refractivity contribution in [2.75, 3.05) is 19.3 Å². The first kappa shape index (κ1) is 13.4. The molecule has 0 aromatic heterocycles. The van der Waals surface area contributed by atoms with Crippen LogP contribution in [0.25, 0.3) is 0 Å². The zero-order valence-corrected chi connectivity index (χ0v) is 10.1. The van der Waals surface area contributed by atoms with Gasteiger partial charge in [0.1, 0.15) is 12.3 Å². The number of phenolic OH excluding ortho intramolecular Hbond substituents is 1. The van der Waals surface area contributed by atoms with E-state index in [0.717, 1.165) is 9.80 Å². The summed E-state index contributed by atoms with van der Waals surface area (Å²) in [7, 11) is 1.45. The average Bonchev–Trinajstić information content (AvgIpc) is 2.27. The number of phenols is 1. The third-order valence-electron chi connectivity index (χ3n) is 2.00. The zero-order chi connectivity index (χ0) is 12.8. The van der Waals surface area contributed by atoms with Crippen LogP contribution in [0.2, 0.25) is 0 Å². The summed E-state index contributed by atoms with van der Waals surface area (Å²) >= 11 is 1.30. The van der Waals surface area contributed by atoms with Crippen molar-refractivity contribution in [3.05, 3.63) is 24.3 Å². The highest BCUT2D eigenvalue weighted by Gasteiger charge is 2.12. The Balaban J connectivity index is 2.42. The van der Waals surface area contributed by atoms with Crippen LogP contribution in [0.5, 0.6) is 5.75 Å². The Kier molecular flexibility index (Phi) is 4.84. The number of carboxylic acids is 1. The van der Waals surface area contributed by atoms with Crippen LogP contribution >= 0.6 is 11.8 Å². The molecule has 0 aliphatic rings. The number of carboxylic acid groups (broad SMARTS) is 1. The lowest BCUT2D eigenvalue weighted by Crippen LogP contribution is -2.33. The first-order valence-corrected chi connectivity index (χ1v) is 5.85. The minimum absolute atomic E-state index is 0.170. The van der Waals surface area contributed by atoms with Crippen LogP contribution in [0.15, 0.2) is 29.2 Å². The van der Waals surface area contributed by atoms with Crippen molar-refractivity contribution in [3.63, 3.8) is 0 Å². The monoisotopic (exact) mass is 255 g/mol. The van der Waals surface area contributed by atoms with Crippen LogP contribution in [0.3, 0.4) is 0 Å². The Morgan fingerprint density at radius 1 is 1.29 bits per heavy atom. The Labute approximate surface area is 103 Å². The van der Waals surface area contributed by atoms with Crippen molar-refractivity contribution in [2.24, 2.45) is 0 Å². The van der Waals surface area contributed by atoms with Crippen LogP contribution in [-0.4, -0.2) is 46.3 Å². The highest BCUT2D eigenvalue weighted by molar-refractivity contribution is 8.00. The molecule has 1 rings (SSSR count). The number of carbonyl (C=O) groups excluding carboxylic acids is 1. The number of nitrogens with zero attached hydrogens (tertiary/aromatic N) is 1. The summed E-state index contributed by atoms with van der Waals surface area (Å²) in [5.74, 6) is -0.932. The van der Waals surface area contributed by atoms with Crippen LogP contribution in [0.1, 0.15) is 0 Å². The van der Waals surface area contributed by atoms with Gasteiger partial charge in [0.25, 0.3) is 0 Å². The van der Waals surface area contributed by atoms with Gasteiger partial charge in [0.05, 0.1) is 5.75 Å². The van der Waals surface area contributed by atoms with Crippen molar-refractivity contribution < 1.29 is 19.8 Å². The van der Waals surface area contributed by atoms with Gasteiger partial charge in [-0.25, -0.2) is 0 Å². The second-order valence-corrected chi connectivity index (χ2v) is 4.47. The number of aromatic hydroxyl groups is 1. The van der Waals surface area contributed by atoms with E-state index in [4.69, 9.17) is 10.2 Å². The third kappa shape index (κ3) is 4.78. The molecule has 1 aromatic carbocycles. The highest BCUT2D eigenvalue weighted by atomic mass is 32.2. The molecule has 92 valence electrons. The summed E-state index contributed by atoms with van der Waals surface area (Å²) in [5, 5.41) is 17.6. The number of aliphatic carboxylic acids is 1. The first-order valence-electron chi connectivity index (χ1n) is 4.86. The van der Waals surface area contributed by atoms with Crippen LogP contribution in [-0.2, 0) is 9.59 Å². The lowest BCUT2D eigenvalue weighted by Gasteiger charge is -2.13. The maximum absolute atomic E-state index is 11.5. The molecule has 0 heterocycles. The number of benzene rings is 1. The van der Waals surface area contributed by atoms with Crippen molar-refractivity contribution in [1.82, 2.24) is 4.90 Å². The molecule has 0 fully saturated rings. The van der Waals surface area contributed by atoms with E-state index < -0.39 is 5.97 Å². The second kappa shape index (κ2) is 6.15. The molecule has 0 spiro atoms. The van der Waals surface area contributed by atoms with E-state index in [1.165, 1.54) is 30.9 Å². The zero-order valence-electron chi connectivity index (χ0n) is 9.29. The summed E-state index contributed by atoms with van der Waals surface area (Å²) in [6, 6.07) is 6.47. The largest absolute Gasteiger partial charge is 0.508 e. The first-order chi connectivity index (χ1) is 7.99. The van der Waals surface area contributed by atoms with Gasteiger partial charge in [0.2, 0.25) is 5.91 Å². The molecule has 0 radical (unpaired) electrons. The molecule has 0 aliphatic carbocycles. The predicted molar refractivity (Wildman–Crippen MR) is 64.1 cm³/mol. The smallest absolute Gasteiger partial charge is 0.323 e. The molecule has 0 bridgehead atoms. The number of thioether (sulfide) groups is 1. The van der Waals surface area contributed by atoms with Gasteiger partial charge in [0.15, 0.2) is 0 Å². The summed E-state index contributed by atoms with van der Waals surface area (Å²) in [6.45, 7) is -0.297. The van der Waals surface area contributed by atoms with Crippen molar-refractivity contribution >= 4 is 23.6 Å². The lowest BCUT2D eigenvalue weighted by atomic mass is 10.3. The van der Waals surface area contributed by atoms with Gasteiger partial charge in [-0.15, -0.1) is 11.8 Å². The molecular formula is C11H13NO4S. The molecule has 0 saturated carbocycles. The highest BCUT2D eigenvalue weighted by Crippen LogP contribution is 2.20. The van der Waals surface area contributed by atoms with E-state index in [0.29, 0.717) is 0 Å². The minimum Gasteiger partial charge on any atom is -0.508 e. The van der Waals surface area contributed by atoms with E-state index in [2.05, 4.69) is 0 Å². The maximum atomic E-state index is 11.5. The van der Waals surface area contributed by atoms with E-state index in [1.807, 2.05) is 0 Å². The minimum atomic E-state index is -1.03. The molecule has 0 unspecified atom stereocenters. The standard InChI is InChI=1S/C11H13NO4S/c1-12(6-11(15)16)10(14)7-17-9-4-2-8(13)3-5-9/h2-5,13H,6-7H2,1H3,(H,15,16). The fraction of sp³-hybridized carbons (Fsp3) is 0.273. The van der Waals surface area contributed by atoms with Gasteiger partial charge in [-0.2, -0.15) is 0 Å². The Bertz CT molecular complexity index is 404. The molecule has 17 heavy (non-hydrogen) atoms.